The first-order chi connectivity index (χ1) is 18.2. The number of amides is 1. The van der Waals surface area contributed by atoms with Gasteiger partial charge in [0.25, 0.3) is 5.92 Å². The normalized spacial score (nSPS) is 14.8. The number of nitrogens with one attached hydrogen (secondary N) is 1. The van der Waals surface area contributed by atoms with Gasteiger partial charge >= 0.3 is 0 Å². The van der Waals surface area contributed by atoms with Crippen molar-refractivity contribution in [3.8, 4) is 5.75 Å². The van der Waals surface area contributed by atoms with Gasteiger partial charge < -0.3 is 24.8 Å². The monoisotopic (exact) mass is 526 g/mol. The zero-order valence-corrected chi connectivity index (χ0v) is 21.9. The molecule has 1 atom stereocenters. The summed E-state index contributed by atoms with van der Waals surface area (Å²) in [5.74, 6) is -1.60. The van der Waals surface area contributed by atoms with E-state index in [0.29, 0.717) is 48.0 Å². The molecule has 4 rings (SSSR count). The van der Waals surface area contributed by atoms with Gasteiger partial charge in [0.2, 0.25) is 5.91 Å². The van der Waals surface area contributed by atoms with Crippen LogP contribution in [0.1, 0.15) is 41.9 Å². The largest absolute Gasteiger partial charge is 0.496 e. The van der Waals surface area contributed by atoms with E-state index in [0.717, 1.165) is 16.5 Å². The number of carbonyl (C=O) groups excluding carboxylic acids is 1. The predicted octanol–water partition coefficient (Wildman–Crippen LogP) is 4.47. The van der Waals surface area contributed by atoms with Crippen LogP contribution >= 0.6 is 0 Å². The molecule has 0 saturated carbocycles. The maximum atomic E-state index is 14.1. The summed E-state index contributed by atoms with van der Waals surface area (Å²) in [5, 5.41) is 13.2. The SMILES string of the molecule is COCC(=O)N1CC=C(c2cc3c(N[C@H](C)c4cccc(C(F)(F)CO)c4)nc(C)nc3cc2OC)CC1. The highest BCUT2D eigenvalue weighted by Gasteiger charge is 2.31. The van der Waals surface area contributed by atoms with Crippen LogP contribution in [0, 0.1) is 6.92 Å². The molecule has 1 aliphatic rings. The van der Waals surface area contributed by atoms with Crippen LogP contribution in [-0.4, -0.2) is 66.4 Å². The molecule has 1 aliphatic heterocycles. The molecule has 0 aliphatic carbocycles. The smallest absolute Gasteiger partial charge is 0.295 e. The average Bonchev–Trinajstić information content (AvgIpc) is 2.92. The molecule has 0 spiro atoms. The average molecular weight is 527 g/mol. The molecule has 0 fully saturated rings. The lowest BCUT2D eigenvalue weighted by atomic mass is 9.96. The van der Waals surface area contributed by atoms with Gasteiger partial charge in [-0.3, -0.25) is 4.79 Å². The zero-order valence-electron chi connectivity index (χ0n) is 21.9. The van der Waals surface area contributed by atoms with E-state index >= 15 is 0 Å². The molecular weight excluding hydrogens is 494 g/mol. The van der Waals surface area contributed by atoms with Crippen molar-refractivity contribution in [2.24, 2.45) is 0 Å². The number of alkyl halides is 2. The number of hydrogen-bond donors (Lipinski definition) is 2. The number of nitrogens with zero attached hydrogens (tertiary/aromatic N) is 3. The van der Waals surface area contributed by atoms with Gasteiger partial charge in [-0.25, -0.2) is 9.97 Å². The molecule has 1 aromatic heterocycles. The van der Waals surface area contributed by atoms with E-state index in [1.165, 1.54) is 19.2 Å². The molecule has 10 heteroatoms. The number of halogens is 2. The van der Waals surface area contributed by atoms with Gasteiger partial charge in [0.1, 0.15) is 30.6 Å². The van der Waals surface area contributed by atoms with Crippen LogP contribution in [0.2, 0.25) is 0 Å². The summed E-state index contributed by atoms with van der Waals surface area (Å²) in [7, 11) is 3.10. The minimum absolute atomic E-state index is 0.0485. The van der Waals surface area contributed by atoms with Crippen molar-refractivity contribution >= 4 is 28.2 Å². The fraction of sp³-hybridized carbons (Fsp3) is 0.393. The predicted molar refractivity (Wildman–Crippen MR) is 141 cm³/mol. The second-order valence-corrected chi connectivity index (χ2v) is 9.30. The van der Waals surface area contributed by atoms with Crippen LogP contribution in [0.15, 0.2) is 42.5 Å². The molecule has 8 nitrogen and oxygen atoms in total. The number of rotatable bonds is 9. The summed E-state index contributed by atoms with van der Waals surface area (Å²) >= 11 is 0. The highest BCUT2D eigenvalue weighted by Crippen LogP contribution is 2.37. The van der Waals surface area contributed by atoms with E-state index in [1.807, 2.05) is 25.1 Å². The molecule has 38 heavy (non-hydrogen) atoms. The molecule has 0 unspecified atom stereocenters. The van der Waals surface area contributed by atoms with Gasteiger partial charge in [-0.15, -0.1) is 0 Å². The summed E-state index contributed by atoms with van der Waals surface area (Å²) in [4.78, 5) is 23.1. The molecule has 202 valence electrons. The van der Waals surface area contributed by atoms with Crippen LogP contribution in [0.25, 0.3) is 16.5 Å². The van der Waals surface area contributed by atoms with E-state index in [2.05, 4.69) is 15.3 Å². The highest BCUT2D eigenvalue weighted by atomic mass is 19.3. The molecule has 3 aromatic rings. The molecule has 2 heterocycles. The number of aliphatic hydroxyl groups excluding tert-OH is 1. The highest BCUT2D eigenvalue weighted by molar-refractivity contribution is 5.94. The van der Waals surface area contributed by atoms with Crippen LogP contribution in [0.3, 0.4) is 0 Å². The van der Waals surface area contributed by atoms with Gasteiger partial charge in [0.15, 0.2) is 0 Å². The van der Waals surface area contributed by atoms with Gasteiger partial charge in [-0.05, 0) is 43.5 Å². The lowest BCUT2D eigenvalue weighted by Crippen LogP contribution is -2.36. The number of aromatic nitrogens is 2. The van der Waals surface area contributed by atoms with Gasteiger partial charge in [0.05, 0.1) is 12.6 Å². The Hall–Kier alpha value is -3.63. The minimum Gasteiger partial charge on any atom is -0.496 e. The molecule has 2 aromatic carbocycles. The molecule has 2 N–H and O–H groups in total. The van der Waals surface area contributed by atoms with Crippen LogP contribution < -0.4 is 10.1 Å². The van der Waals surface area contributed by atoms with Crippen LogP contribution in [0.5, 0.6) is 5.75 Å². The fourth-order valence-corrected chi connectivity index (χ4v) is 4.57. The van der Waals surface area contributed by atoms with Gasteiger partial charge in [-0.1, -0.05) is 24.3 Å². The number of ether oxygens (including phenoxy) is 2. The molecule has 0 radical (unpaired) electrons. The van der Waals surface area contributed by atoms with Crippen molar-refractivity contribution in [3.63, 3.8) is 0 Å². The molecule has 0 bridgehead atoms. The topological polar surface area (TPSA) is 96.8 Å². The number of aliphatic hydroxyl groups is 1. The maximum absolute atomic E-state index is 14.1. The second kappa shape index (κ2) is 11.4. The number of aryl methyl sites for hydroxylation is 1. The zero-order chi connectivity index (χ0) is 27.4. The van der Waals surface area contributed by atoms with E-state index in [4.69, 9.17) is 14.6 Å². The van der Waals surface area contributed by atoms with Gasteiger partial charge in [-0.2, -0.15) is 8.78 Å². The van der Waals surface area contributed by atoms with Crippen molar-refractivity contribution in [2.45, 2.75) is 32.2 Å². The first-order valence-electron chi connectivity index (χ1n) is 12.3. The van der Waals surface area contributed by atoms with Crippen molar-refractivity contribution in [2.75, 3.05) is 45.8 Å². The Bertz CT molecular complexity index is 1360. The number of methoxy groups -OCH3 is 2. The molecule has 0 saturated heterocycles. The Morgan fingerprint density at radius 3 is 2.68 bits per heavy atom. The van der Waals surface area contributed by atoms with Crippen molar-refractivity contribution < 1.29 is 28.2 Å². The van der Waals surface area contributed by atoms with Crippen LogP contribution in [0.4, 0.5) is 14.6 Å². The van der Waals surface area contributed by atoms with Crippen molar-refractivity contribution in [1.29, 1.82) is 0 Å². The fourth-order valence-electron chi connectivity index (χ4n) is 4.57. The van der Waals surface area contributed by atoms with Crippen molar-refractivity contribution in [3.05, 3.63) is 65.0 Å². The maximum Gasteiger partial charge on any atom is 0.295 e. The Labute approximate surface area is 220 Å². The number of anilines is 1. The number of carbonyl (C=O) groups is 1. The number of hydrogen-bond acceptors (Lipinski definition) is 7. The third-order valence-corrected chi connectivity index (χ3v) is 6.67. The minimum atomic E-state index is -3.32. The number of benzene rings is 2. The van der Waals surface area contributed by atoms with E-state index < -0.39 is 12.5 Å². The Morgan fingerprint density at radius 1 is 1.24 bits per heavy atom. The van der Waals surface area contributed by atoms with E-state index in [9.17, 15) is 13.6 Å². The first kappa shape index (κ1) is 27.4. The Kier molecular flexibility index (Phi) is 8.23. The van der Waals surface area contributed by atoms with E-state index in [-0.39, 0.29) is 24.1 Å². The van der Waals surface area contributed by atoms with Crippen molar-refractivity contribution in [1.82, 2.24) is 14.9 Å². The Morgan fingerprint density at radius 2 is 2.03 bits per heavy atom. The lowest BCUT2D eigenvalue weighted by molar-refractivity contribution is -0.134. The number of fused-ring (bicyclic) bond motifs is 1. The van der Waals surface area contributed by atoms with Gasteiger partial charge in [0, 0.05) is 48.8 Å². The summed E-state index contributed by atoms with van der Waals surface area (Å²) in [6.07, 6.45) is 2.66. The summed E-state index contributed by atoms with van der Waals surface area (Å²) < 4.78 is 38.8. The standard InChI is InChI=1S/C28H32F2N4O4/c1-17(20-6-5-7-21(12-20)28(29,30)16-35)31-27-23-13-22(25(38-4)14-24(23)32-18(2)33-27)19-8-10-34(11-9-19)26(36)15-37-3/h5-8,12-14,17,35H,9-11,15-16H2,1-4H3,(H,31,32,33)/t17-/m1/s1. The quantitative estimate of drug-likeness (QED) is 0.425. The third-order valence-electron chi connectivity index (χ3n) is 6.67. The van der Waals surface area contributed by atoms with E-state index in [1.54, 1.807) is 31.1 Å². The third kappa shape index (κ3) is 5.76. The summed E-state index contributed by atoms with van der Waals surface area (Å²) in [5.41, 5.74) is 2.99. The Balaban J connectivity index is 1.69. The summed E-state index contributed by atoms with van der Waals surface area (Å²) in [6, 6.07) is 9.47. The summed E-state index contributed by atoms with van der Waals surface area (Å²) in [6.45, 7) is 3.48. The van der Waals surface area contributed by atoms with Crippen LogP contribution in [-0.2, 0) is 15.5 Å². The first-order valence-corrected chi connectivity index (χ1v) is 12.3. The molecular formula is C28H32F2N4O4. The second-order valence-electron chi connectivity index (χ2n) is 9.30. The molecule has 1 amide bonds. The lowest BCUT2D eigenvalue weighted by Gasteiger charge is -2.27.